The van der Waals surface area contributed by atoms with Crippen molar-refractivity contribution in [1.82, 2.24) is 20.1 Å². The molecule has 2 rings (SSSR count). The largest absolute Gasteiger partial charge is 0.480 e. The summed E-state index contributed by atoms with van der Waals surface area (Å²) in [6.45, 7) is 7.44. The molecule has 23 heavy (non-hydrogen) atoms. The third kappa shape index (κ3) is 3.49. The van der Waals surface area contributed by atoms with E-state index in [4.69, 9.17) is 0 Å². The van der Waals surface area contributed by atoms with Crippen LogP contribution in [0.25, 0.3) is 11.0 Å². The molecule has 0 saturated carbocycles. The molecule has 0 radical (unpaired) electrons. The molecule has 0 saturated heterocycles. The molecule has 124 valence electrons. The Morgan fingerprint density at radius 1 is 1.35 bits per heavy atom. The number of aliphatic carboxylic acids is 1. The summed E-state index contributed by atoms with van der Waals surface area (Å²) in [5.41, 5.74) is 2.40. The summed E-state index contributed by atoms with van der Waals surface area (Å²) in [5.74, 6) is -1.28. The van der Waals surface area contributed by atoms with Gasteiger partial charge in [-0.3, -0.25) is 9.48 Å². The number of aryl methyl sites for hydroxylation is 3. The van der Waals surface area contributed by atoms with Gasteiger partial charge in [0, 0.05) is 12.7 Å². The molecule has 2 aromatic rings. The van der Waals surface area contributed by atoms with E-state index in [0.717, 1.165) is 0 Å². The molecule has 0 aromatic carbocycles. The van der Waals surface area contributed by atoms with Gasteiger partial charge in [-0.15, -0.1) is 0 Å². The maximum absolute atomic E-state index is 12.6. The Morgan fingerprint density at radius 3 is 2.57 bits per heavy atom. The van der Waals surface area contributed by atoms with Gasteiger partial charge in [0.1, 0.15) is 6.04 Å². The van der Waals surface area contributed by atoms with Gasteiger partial charge in [-0.2, -0.15) is 5.10 Å². The number of rotatable bonds is 5. The van der Waals surface area contributed by atoms with Gasteiger partial charge in [0.2, 0.25) is 0 Å². The molecule has 0 fully saturated rings. The van der Waals surface area contributed by atoms with Crippen LogP contribution in [0, 0.1) is 19.8 Å². The quantitative estimate of drug-likeness (QED) is 0.876. The number of carboxylic acids is 1. The van der Waals surface area contributed by atoms with Gasteiger partial charge in [-0.25, -0.2) is 9.78 Å². The molecule has 1 amide bonds. The van der Waals surface area contributed by atoms with E-state index in [-0.39, 0.29) is 5.92 Å². The first-order chi connectivity index (χ1) is 10.7. The van der Waals surface area contributed by atoms with E-state index in [1.807, 2.05) is 13.8 Å². The average Bonchev–Trinajstić information content (AvgIpc) is 2.71. The fourth-order valence-electron chi connectivity index (χ4n) is 2.68. The maximum Gasteiger partial charge on any atom is 0.326 e. The standard InChI is InChI=1S/C16H22N4O3/c1-8(2)6-12(16(22)23)18-15(21)11-7-9(3)17-14-13(11)10(4)19-20(14)5/h7-8,12H,6H2,1-5H3,(H,18,21)(H,22,23). The van der Waals surface area contributed by atoms with Crippen LogP contribution in [0.15, 0.2) is 6.07 Å². The molecule has 1 unspecified atom stereocenters. The van der Waals surface area contributed by atoms with Crippen molar-refractivity contribution in [3.05, 3.63) is 23.0 Å². The number of nitrogens with one attached hydrogen (secondary N) is 1. The smallest absolute Gasteiger partial charge is 0.326 e. The summed E-state index contributed by atoms with van der Waals surface area (Å²) >= 11 is 0. The summed E-state index contributed by atoms with van der Waals surface area (Å²) in [6, 6.07) is 0.753. The Morgan fingerprint density at radius 2 is 2.00 bits per heavy atom. The number of nitrogens with zero attached hydrogens (tertiary/aromatic N) is 3. The zero-order valence-electron chi connectivity index (χ0n) is 14.0. The first-order valence-electron chi connectivity index (χ1n) is 7.55. The van der Waals surface area contributed by atoms with Crippen molar-refractivity contribution in [2.75, 3.05) is 0 Å². The first kappa shape index (κ1) is 16.9. The molecule has 2 N–H and O–H groups in total. The lowest BCUT2D eigenvalue weighted by atomic mass is 10.0. The number of hydrogen-bond acceptors (Lipinski definition) is 4. The highest BCUT2D eigenvalue weighted by Gasteiger charge is 2.24. The monoisotopic (exact) mass is 318 g/mol. The van der Waals surface area contributed by atoms with Crippen molar-refractivity contribution >= 4 is 22.9 Å². The molecule has 0 aliphatic heterocycles. The lowest BCUT2D eigenvalue weighted by Crippen LogP contribution is -2.41. The van der Waals surface area contributed by atoms with Crippen molar-refractivity contribution in [2.24, 2.45) is 13.0 Å². The Bertz CT molecular complexity index is 764. The second-order valence-corrected chi connectivity index (χ2v) is 6.21. The molecule has 0 aliphatic carbocycles. The fourth-order valence-corrected chi connectivity index (χ4v) is 2.68. The molecule has 2 heterocycles. The van der Waals surface area contributed by atoms with E-state index >= 15 is 0 Å². The molecular weight excluding hydrogens is 296 g/mol. The first-order valence-corrected chi connectivity index (χ1v) is 7.55. The molecule has 1 atom stereocenters. The van der Waals surface area contributed by atoms with Gasteiger partial charge in [-0.1, -0.05) is 13.8 Å². The van der Waals surface area contributed by atoms with Gasteiger partial charge in [-0.05, 0) is 32.3 Å². The van der Waals surface area contributed by atoms with Crippen LogP contribution in [0.3, 0.4) is 0 Å². The number of pyridine rings is 1. The lowest BCUT2D eigenvalue weighted by Gasteiger charge is -2.17. The second kappa shape index (κ2) is 6.36. The van der Waals surface area contributed by atoms with Crippen molar-refractivity contribution in [3.8, 4) is 0 Å². The van der Waals surface area contributed by atoms with Gasteiger partial charge < -0.3 is 10.4 Å². The molecule has 7 nitrogen and oxygen atoms in total. The molecule has 2 aromatic heterocycles. The SMILES string of the molecule is Cc1cc(C(=O)NC(CC(C)C)C(=O)O)c2c(C)nn(C)c2n1. The van der Waals surface area contributed by atoms with Gasteiger partial charge in [0.15, 0.2) is 5.65 Å². The van der Waals surface area contributed by atoms with Crippen LogP contribution in [-0.2, 0) is 11.8 Å². The van der Waals surface area contributed by atoms with E-state index in [1.54, 1.807) is 31.6 Å². The summed E-state index contributed by atoms with van der Waals surface area (Å²) in [7, 11) is 1.77. The molecule has 0 aliphatic rings. The molecule has 0 bridgehead atoms. The average molecular weight is 318 g/mol. The Labute approximate surface area is 134 Å². The third-order valence-electron chi connectivity index (χ3n) is 3.65. The number of aromatic nitrogens is 3. The van der Waals surface area contributed by atoms with E-state index in [1.165, 1.54) is 0 Å². The minimum atomic E-state index is -1.03. The highest BCUT2D eigenvalue weighted by Crippen LogP contribution is 2.22. The molecular formula is C16H22N4O3. The second-order valence-electron chi connectivity index (χ2n) is 6.21. The fraction of sp³-hybridized carbons (Fsp3) is 0.500. The van der Waals surface area contributed by atoms with Gasteiger partial charge in [0.05, 0.1) is 16.6 Å². The zero-order valence-corrected chi connectivity index (χ0v) is 14.0. The maximum atomic E-state index is 12.6. The van der Waals surface area contributed by atoms with Crippen molar-refractivity contribution < 1.29 is 14.7 Å². The van der Waals surface area contributed by atoms with Crippen LogP contribution in [0.2, 0.25) is 0 Å². The van der Waals surface area contributed by atoms with Gasteiger partial charge in [0.25, 0.3) is 5.91 Å². The number of carbonyl (C=O) groups is 2. The normalized spacial score (nSPS) is 12.6. The summed E-state index contributed by atoms with van der Waals surface area (Å²) in [5, 5.41) is 16.9. The highest BCUT2D eigenvalue weighted by atomic mass is 16.4. The van der Waals surface area contributed by atoms with E-state index in [2.05, 4.69) is 15.4 Å². The topological polar surface area (TPSA) is 97.1 Å². The van der Waals surface area contributed by atoms with Crippen LogP contribution in [-0.4, -0.2) is 37.8 Å². The van der Waals surface area contributed by atoms with Crippen LogP contribution in [0.4, 0.5) is 0 Å². The van der Waals surface area contributed by atoms with E-state index < -0.39 is 17.9 Å². The van der Waals surface area contributed by atoms with Crippen molar-refractivity contribution in [2.45, 2.75) is 40.2 Å². The predicted octanol–water partition coefficient (Wildman–Crippen LogP) is 1.81. The van der Waals surface area contributed by atoms with Crippen LogP contribution in [0.1, 0.15) is 42.0 Å². The number of carboxylic acid groups (broad SMARTS) is 1. The minimum absolute atomic E-state index is 0.163. The summed E-state index contributed by atoms with van der Waals surface area (Å²) < 4.78 is 1.62. The van der Waals surface area contributed by atoms with E-state index in [0.29, 0.717) is 34.4 Å². The van der Waals surface area contributed by atoms with Crippen molar-refractivity contribution in [3.63, 3.8) is 0 Å². The predicted molar refractivity (Wildman–Crippen MR) is 86.3 cm³/mol. The van der Waals surface area contributed by atoms with Crippen LogP contribution >= 0.6 is 0 Å². The Balaban J connectivity index is 2.43. The minimum Gasteiger partial charge on any atom is -0.480 e. The summed E-state index contributed by atoms with van der Waals surface area (Å²) in [4.78, 5) is 28.4. The van der Waals surface area contributed by atoms with Gasteiger partial charge >= 0.3 is 5.97 Å². The molecule has 0 spiro atoms. The summed E-state index contributed by atoms with van der Waals surface area (Å²) in [6.07, 6.45) is 0.375. The van der Waals surface area contributed by atoms with E-state index in [9.17, 15) is 14.7 Å². The number of fused-ring (bicyclic) bond motifs is 1. The third-order valence-corrected chi connectivity index (χ3v) is 3.65. The highest BCUT2D eigenvalue weighted by molar-refractivity contribution is 6.07. The van der Waals surface area contributed by atoms with Crippen LogP contribution in [0.5, 0.6) is 0 Å². The number of carbonyl (C=O) groups excluding carboxylic acids is 1. The van der Waals surface area contributed by atoms with Crippen LogP contribution < -0.4 is 5.32 Å². The Kier molecular flexibility index (Phi) is 4.68. The van der Waals surface area contributed by atoms with Crippen molar-refractivity contribution in [1.29, 1.82) is 0 Å². The number of amides is 1. The zero-order chi connectivity index (χ0) is 17.3. The Hall–Kier alpha value is -2.44. The lowest BCUT2D eigenvalue weighted by molar-refractivity contribution is -0.139. The molecule has 7 heteroatoms. The number of hydrogen-bond donors (Lipinski definition) is 2.